The normalized spacial score (nSPS) is 11.6. The van der Waals surface area contributed by atoms with E-state index in [1.54, 1.807) is 26.1 Å². The van der Waals surface area contributed by atoms with E-state index in [2.05, 4.69) is 5.32 Å². The quantitative estimate of drug-likeness (QED) is 0.454. The molecule has 0 aliphatic heterocycles. The highest BCUT2D eigenvalue weighted by Gasteiger charge is 2.19. The van der Waals surface area contributed by atoms with Crippen molar-refractivity contribution in [3.05, 3.63) is 29.8 Å². The second-order valence-corrected chi connectivity index (χ2v) is 5.05. The summed E-state index contributed by atoms with van der Waals surface area (Å²) in [7, 11) is 1.71. The van der Waals surface area contributed by atoms with Gasteiger partial charge in [-0.15, -0.1) is 0 Å². The Morgan fingerprint density at radius 2 is 2.08 bits per heavy atom. The summed E-state index contributed by atoms with van der Waals surface area (Å²) in [4.78, 5) is 24.5. The van der Waals surface area contributed by atoms with Gasteiger partial charge >= 0.3 is 12.1 Å². The molecule has 0 fully saturated rings. The molecule has 0 heterocycles. The van der Waals surface area contributed by atoms with Gasteiger partial charge in [-0.05, 0) is 31.7 Å². The molecule has 0 saturated heterocycles. The summed E-state index contributed by atoms with van der Waals surface area (Å²) in [5.74, 6) is -0.439. The molecule has 1 rings (SSSR count). The fraction of sp³-hybridized carbons (Fsp3) is 0.500. The van der Waals surface area contributed by atoms with Crippen molar-refractivity contribution in [2.45, 2.75) is 19.4 Å². The van der Waals surface area contributed by atoms with Crippen molar-refractivity contribution < 1.29 is 29.3 Å². The van der Waals surface area contributed by atoms with Gasteiger partial charge in [0.25, 0.3) is 0 Å². The van der Waals surface area contributed by atoms with Crippen LogP contribution in [0.5, 0.6) is 5.75 Å². The van der Waals surface area contributed by atoms with Crippen molar-refractivity contribution in [1.82, 2.24) is 10.2 Å². The lowest BCUT2D eigenvalue weighted by atomic mass is 10.1. The number of rotatable bonds is 9. The van der Waals surface area contributed by atoms with Crippen molar-refractivity contribution >= 4 is 12.1 Å². The van der Waals surface area contributed by atoms with Gasteiger partial charge in [0.05, 0.1) is 19.1 Å². The van der Waals surface area contributed by atoms with Gasteiger partial charge in [-0.25, -0.2) is 4.79 Å². The number of carbonyl (C=O) groups excluding carboxylic acids is 2. The number of aromatic hydroxyl groups is 1. The van der Waals surface area contributed by atoms with Crippen molar-refractivity contribution in [2.24, 2.45) is 0 Å². The molecule has 8 heteroatoms. The highest BCUT2D eigenvalue weighted by Crippen LogP contribution is 2.19. The molecule has 0 radical (unpaired) electrons. The third-order valence-electron chi connectivity index (χ3n) is 3.27. The van der Waals surface area contributed by atoms with Gasteiger partial charge in [-0.1, -0.05) is 12.1 Å². The van der Waals surface area contributed by atoms with E-state index in [9.17, 15) is 19.8 Å². The van der Waals surface area contributed by atoms with E-state index in [0.717, 1.165) is 0 Å². The van der Waals surface area contributed by atoms with E-state index in [-0.39, 0.29) is 18.7 Å². The number of likely N-dealkylation sites (N-methyl/N-ethyl adjacent to an activating group) is 1. The maximum Gasteiger partial charge on any atom is 0.412 e. The minimum atomic E-state index is -0.970. The molecule has 24 heavy (non-hydrogen) atoms. The summed E-state index contributed by atoms with van der Waals surface area (Å²) in [6.45, 7) is 2.04. The van der Waals surface area contributed by atoms with Crippen molar-refractivity contribution in [2.75, 3.05) is 33.5 Å². The highest BCUT2D eigenvalue weighted by atomic mass is 16.7. The van der Waals surface area contributed by atoms with Gasteiger partial charge in [0.15, 0.2) is 0 Å². The van der Waals surface area contributed by atoms with Crippen molar-refractivity contribution in [3.8, 4) is 5.75 Å². The number of amides is 1. The molecule has 0 aliphatic carbocycles. The first-order valence-corrected chi connectivity index (χ1v) is 7.66. The van der Waals surface area contributed by atoms with Crippen LogP contribution in [0.4, 0.5) is 4.79 Å². The van der Waals surface area contributed by atoms with E-state index in [0.29, 0.717) is 18.7 Å². The smallest absolute Gasteiger partial charge is 0.412 e. The fourth-order valence-corrected chi connectivity index (χ4v) is 1.92. The number of aliphatic hydroxyl groups excluding tert-OH is 1. The molecule has 1 amide bonds. The number of hydrogen-bond donors (Lipinski definition) is 3. The third kappa shape index (κ3) is 6.84. The molecule has 0 spiro atoms. The Morgan fingerprint density at radius 1 is 1.33 bits per heavy atom. The standard InChI is InChI=1S/C16H24N2O6/c1-3-18(10-14(20)12-5-4-6-13(19)9-12)16(22)24-11-23-15(21)7-8-17-2/h4-6,9,14,17,19-20H,3,7-8,10-11H2,1-2H3. The number of aliphatic hydroxyl groups is 1. The molecule has 8 nitrogen and oxygen atoms in total. The first kappa shape index (κ1) is 19.7. The second-order valence-electron chi connectivity index (χ2n) is 5.05. The van der Waals surface area contributed by atoms with Gasteiger partial charge in [0.2, 0.25) is 6.79 Å². The van der Waals surface area contributed by atoms with Crippen LogP contribution in [-0.4, -0.2) is 60.7 Å². The Hall–Kier alpha value is -2.32. The number of phenolic OH excluding ortho intramolecular Hbond substituents is 1. The lowest BCUT2D eigenvalue weighted by molar-refractivity contribution is -0.152. The summed E-state index contributed by atoms with van der Waals surface area (Å²) < 4.78 is 9.64. The number of hydrogen-bond acceptors (Lipinski definition) is 7. The summed E-state index contributed by atoms with van der Waals surface area (Å²) >= 11 is 0. The first-order chi connectivity index (χ1) is 11.5. The monoisotopic (exact) mass is 340 g/mol. The van der Waals surface area contributed by atoms with E-state index in [4.69, 9.17) is 9.47 Å². The molecule has 134 valence electrons. The lowest BCUT2D eigenvalue weighted by Gasteiger charge is -2.23. The molecule has 0 aliphatic rings. The van der Waals surface area contributed by atoms with Gasteiger partial charge < -0.3 is 29.9 Å². The number of esters is 1. The predicted octanol–water partition coefficient (Wildman–Crippen LogP) is 0.994. The van der Waals surface area contributed by atoms with Crippen LogP contribution in [0.3, 0.4) is 0 Å². The van der Waals surface area contributed by atoms with E-state index >= 15 is 0 Å². The highest BCUT2D eigenvalue weighted by molar-refractivity contribution is 5.70. The Bertz CT molecular complexity index is 537. The van der Waals surface area contributed by atoms with Crippen LogP contribution in [0.25, 0.3) is 0 Å². The maximum atomic E-state index is 11.9. The minimum absolute atomic E-state index is 0.00745. The molecule has 3 N–H and O–H groups in total. The van der Waals surface area contributed by atoms with Crippen molar-refractivity contribution in [3.63, 3.8) is 0 Å². The van der Waals surface area contributed by atoms with Crippen LogP contribution in [-0.2, 0) is 14.3 Å². The molecule has 1 aromatic rings. The SMILES string of the molecule is CCN(CC(O)c1cccc(O)c1)C(=O)OCOC(=O)CCNC. The maximum absolute atomic E-state index is 11.9. The topological polar surface area (TPSA) is 108 Å². The van der Waals surface area contributed by atoms with Gasteiger partial charge in [-0.2, -0.15) is 0 Å². The van der Waals surface area contributed by atoms with Gasteiger partial charge in [0.1, 0.15) is 5.75 Å². The average molecular weight is 340 g/mol. The van der Waals surface area contributed by atoms with Crippen LogP contribution >= 0.6 is 0 Å². The molecule has 1 atom stereocenters. The lowest BCUT2D eigenvalue weighted by Crippen LogP contribution is -2.35. The number of benzene rings is 1. The molecule has 0 bridgehead atoms. The van der Waals surface area contributed by atoms with Crippen LogP contribution < -0.4 is 5.32 Å². The average Bonchev–Trinajstić information content (AvgIpc) is 2.57. The molecule has 1 aromatic carbocycles. The number of ether oxygens (including phenoxy) is 2. The molecule has 0 aromatic heterocycles. The van der Waals surface area contributed by atoms with E-state index < -0.39 is 25.0 Å². The molecule has 1 unspecified atom stereocenters. The zero-order valence-corrected chi connectivity index (χ0v) is 13.9. The Kier molecular flexibility index (Phi) is 8.59. The fourth-order valence-electron chi connectivity index (χ4n) is 1.92. The Balaban J connectivity index is 2.44. The van der Waals surface area contributed by atoms with Crippen LogP contribution in [0, 0.1) is 0 Å². The first-order valence-electron chi connectivity index (χ1n) is 7.66. The summed E-state index contributed by atoms with van der Waals surface area (Å²) in [5, 5.41) is 22.4. The zero-order chi connectivity index (χ0) is 17.9. The largest absolute Gasteiger partial charge is 0.508 e. The van der Waals surface area contributed by atoms with Crippen molar-refractivity contribution in [1.29, 1.82) is 0 Å². The summed E-state index contributed by atoms with van der Waals surface area (Å²) in [6, 6.07) is 6.16. The Labute approximate surface area is 141 Å². The second kappa shape index (κ2) is 10.5. The predicted molar refractivity (Wildman–Crippen MR) is 86.3 cm³/mol. The van der Waals surface area contributed by atoms with Crippen LogP contribution in [0.2, 0.25) is 0 Å². The zero-order valence-electron chi connectivity index (χ0n) is 13.9. The molecular weight excluding hydrogens is 316 g/mol. The van der Waals surface area contributed by atoms with Crippen LogP contribution in [0.15, 0.2) is 24.3 Å². The Morgan fingerprint density at radius 3 is 2.71 bits per heavy atom. The van der Waals surface area contributed by atoms with Crippen LogP contribution in [0.1, 0.15) is 25.0 Å². The minimum Gasteiger partial charge on any atom is -0.508 e. The van der Waals surface area contributed by atoms with E-state index in [1.807, 2.05) is 0 Å². The molecular formula is C16H24N2O6. The van der Waals surface area contributed by atoms with Gasteiger partial charge in [-0.3, -0.25) is 4.79 Å². The summed E-state index contributed by atoms with van der Waals surface area (Å²) in [6.07, 6.45) is -1.48. The van der Waals surface area contributed by atoms with Gasteiger partial charge in [0, 0.05) is 13.1 Å². The number of phenols is 1. The molecule has 0 saturated carbocycles. The number of nitrogens with one attached hydrogen (secondary N) is 1. The van der Waals surface area contributed by atoms with E-state index in [1.165, 1.54) is 17.0 Å². The third-order valence-corrected chi connectivity index (χ3v) is 3.27. The number of carbonyl (C=O) groups is 2. The summed E-state index contributed by atoms with van der Waals surface area (Å²) in [5.41, 5.74) is 0.486. The number of nitrogens with zero attached hydrogens (tertiary/aromatic N) is 1.